The highest BCUT2D eigenvalue weighted by Gasteiger charge is 2.22. The van der Waals surface area contributed by atoms with Crippen molar-refractivity contribution < 1.29 is 4.79 Å². The van der Waals surface area contributed by atoms with Crippen molar-refractivity contribution in [2.45, 2.75) is 39.2 Å². The summed E-state index contributed by atoms with van der Waals surface area (Å²) in [5, 5.41) is 4.12. The Kier molecular flexibility index (Phi) is 8.76. The molecule has 0 unspecified atom stereocenters. The number of aromatic nitrogens is 1. The quantitative estimate of drug-likeness (QED) is 0.242. The Bertz CT molecular complexity index is 1400. The molecule has 0 aliphatic heterocycles. The Labute approximate surface area is 235 Å². The molecule has 0 saturated heterocycles. The SMILES string of the molecule is CNc1ncc(-c2ccccc2)cc1C(=O)N(CCc1ccc(Cl)c(Cl)c1)Cc1ccc(C(C)(C)C)cc1. The van der Waals surface area contributed by atoms with Crippen molar-refractivity contribution in [1.82, 2.24) is 9.88 Å². The number of carbonyl (C=O) groups is 1. The summed E-state index contributed by atoms with van der Waals surface area (Å²) in [4.78, 5) is 20.5. The van der Waals surface area contributed by atoms with Crippen LogP contribution in [0, 0.1) is 0 Å². The molecule has 0 saturated carbocycles. The van der Waals surface area contributed by atoms with Gasteiger partial charge in [-0.05, 0) is 52.3 Å². The molecule has 3 aromatic carbocycles. The van der Waals surface area contributed by atoms with Crippen molar-refractivity contribution in [3.05, 3.63) is 117 Å². The molecule has 0 fully saturated rings. The van der Waals surface area contributed by atoms with Crippen LogP contribution < -0.4 is 5.32 Å². The van der Waals surface area contributed by atoms with Gasteiger partial charge in [-0.25, -0.2) is 4.98 Å². The first-order chi connectivity index (χ1) is 18.2. The van der Waals surface area contributed by atoms with Crippen LogP contribution in [0.4, 0.5) is 5.82 Å². The Morgan fingerprint density at radius 3 is 2.18 bits per heavy atom. The monoisotopic (exact) mass is 545 g/mol. The van der Waals surface area contributed by atoms with Crippen LogP contribution in [0.5, 0.6) is 0 Å². The van der Waals surface area contributed by atoms with Gasteiger partial charge in [0.15, 0.2) is 0 Å². The zero-order valence-electron chi connectivity index (χ0n) is 22.3. The number of pyridine rings is 1. The lowest BCUT2D eigenvalue weighted by molar-refractivity contribution is 0.0745. The number of hydrogen-bond donors (Lipinski definition) is 1. The fraction of sp³-hybridized carbons (Fsp3) is 0.250. The molecule has 196 valence electrons. The largest absolute Gasteiger partial charge is 0.372 e. The van der Waals surface area contributed by atoms with Gasteiger partial charge in [-0.15, -0.1) is 0 Å². The van der Waals surface area contributed by atoms with E-state index >= 15 is 0 Å². The van der Waals surface area contributed by atoms with Crippen molar-refractivity contribution in [1.29, 1.82) is 0 Å². The molecule has 6 heteroatoms. The van der Waals surface area contributed by atoms with Gasteiger partial charge < -0.3 is 10.2 Å². The minimum absolute atomic E-state index is 0.0626. The second-order valence-corrected chi connectivity index (χ2v) is 11.2. The lowest BCUT2D eigenvalue weighted by Gasteiger charge is -2.25. The zero-order chi connectivity index (χ0) is 27.3. The molecule has 0 spiro atoms. The van der Waals surface area contributed by atoms with Crippen molar-refractivity contribution in [2.24, 2.45) is 0 Å². The average Bonchev–Trinajstić information content (AvgIpc) is 2.92. The van der Waals surface area contributed by atoms with Crippen LogP contribution in [0.1, 0.15) is 47.8 Å². The Morgan fingerprint density at radius 1 is 0.868 bits per heavy atom. The van der Waals surface area contributed by atoms with E-state index in [1.165, 1.54) is 5.56 Å². The zero-order valence-corrected chi connectivity index (χ0v) is 23.8. The second-order valence-electron chi connectivity index (χ2n) is 10.4. The van der Waals surface area contributed by atoms with Crippen LogP contribution in [0.3, 0.4) is 0 Å². The Hall–Kier alpha value is -3.34. The minimum Gasteiger partial charge on any atom is -0.372 e. The molecule has 4 nitrogen and oxygen atoms in total. The summed E-state index contributed by atoms with van der Waals surface area (Å²) in [5.41, 5.74) is 5.85. The normalized spacial score (nSPS) is 11.3. The molecule has 0 radical (unpaired) electrons. The molecule has 1 heterocycles. The number of nitrogens with one attached hydrogen (secondary N) is 1. The summed E-state index contributed by atoms with van der Waals surface area (Å²) in [5.74, 6) is 0.469. The molecular weight excluding hydrogens is 513 g/mol. The first-order valence-electron chi connectivity index (χ1n) is 12.7. The van der Waals surface area contributed by atoms with E-state index < -0.39 is 0 Å². The summed E-state index contributed by atoms with van der Waals surface area (Å²) < 4.78 is 0. The van der Waals surface area contributed by atoms with Gasteiger partial charge in [-0.3, -0.25) is 4.79 Å². The van der Waals surface area contributed by atoms with Gasteiger partial charge in [0, 0.05) is 31.9 Å². The fourth-order valence-corrected chi connectivity index (χ4v) is 4.65. The van der Waals surface area contributed by atoms with Gasteiger partial charge >= 0.3 is 0 Å². The highest BCUT2D eigenvalue weighted by Crippen LogP contribution is 2.27. The summed E-state index contributed by atoms with van der Waals surface area (Å²) in [6.07, 6.45) is 2.44. The van der Waals surface area contributed by atoms with E-state index in [4.69, 9.17) is 23.2 Å². The third-order valence-corrected chi connectivity index (χ3v) is 7.34. The highest BCUT2D eigenvalue weighted by atomic mass is 35.5. The Balaban J connectivity index is 1.67. The predicted octanol–water partition coefficient (Wildman–Crippen LogP) is 8.28. The summed E-state index contributed by atoms with van der Waals surface area (Å²) in [6, 6.07) is 26.0. The minimum atomic E-state index is -0.0837. The van der Waals surface area contributed by atoms with Crippen LogP contribution in [-0.4, -0.2) is 29.4 Å². The van der Waals surface area contributed by atoms with E-state index in [1.54, 1.807) is 19.3 Å². The van der Waals surface area contributed by atoms with Crippen molar-refractivity contribution >= 4 is 34.9 Å². The molecule has 1 amide bonds. The number of carbonyl (C=O) groups excluding carboxylic acids is 1. The number of anilines is 1. The van der Waals surface area contributed by atoms with E-state index in [-0.39, 0.29) is 11.3 Å². The highest BCUT2D eigenvalue weighted by molar-refractivity contribution is 6.42. The summed E-state index contributed by atoms with van der Waals surface area (Å²) >= 11 is 12.4. The van der Waals surface area contributed by atoms with Gasteiger partial charge in [0.05, 0.1) is 15.6 Å². The van der Waals surface area contributed by atoms with Gasteiger partial charge in [0.25, 0.3) is 5.91 Å². The molecule has 38 heavy (non-hydrogen) atoms. The first kappa shape index (κ1) is 27.7. The molecule has 1 aromatic heterocycles. The maximum absolute atomic E-state index is 14.1. The number of halogens is 2. The molecule has 0 aliphatic carbocycles. The van der Waals surface area contributed by atoms with E-state index in [0.717, 1.165) is 22.3 Å². The molecule has 0 bridgehead atoms. The average molecular weight is 547 g/mol. The number of amides is 1. The standard InChI is InChI=1S/C32H33Cl2N3O/c1-32(2,3)26-13-10-23(11-14-26)21-37(17-16-22-12-15-28(33)29(34)18-22)31(38)27-19-25(20-36-30(27)35-4)24-8-6-5-7-9-24/h5-15,18-20H,16-17,21H2,1-4H3,(H,35,36). The van der Waals surface area contributed by atoms with Gasteiger partial charge in [-0.1, -0.05) is 105 Å². The number of nitrogens with zero attached hydrogens (tertiary/aromatic N) is 2. The molecule has 0 atom stereocenters. The Morgan fingerprint density at radius 2 is 1.55 bits per heavy atom. The lowest BCUT2D eigenvalue weighted by Crippen LogP contribution is -2.33. The van der Waals surface area contributed by atoms with Crippen molar-refractivity contribution in [3.8, 4) is 11.1 Å². The van der Waals surface area contributed by atoms with Gasteiger partial charge in [-0.2, -0.15) is 0 Å². The fourth-order valence-electron chi connectivity index (χ4n) is 4.33. The summed E-state index contributed by atoms with van der Waals surface area (Å²) in [7, 11) is 1.78. The maximum atomic E-state index is 14.1. The van der Waals surface area contributed by atoms with E-state index in [2.05, 4.69) is 55.3 Å². The summed E-state index contributed by atoms with van der Waals surface area (Å²) in [6.45, 7) is 7.57. The lowest BCUT2D eigenvalue weighted by atomic mass is 9.87. The van der Waals surface area contributed by atoms with Gasteiger partial charge in [0.1, 0.15) is 5.82 Å². The maximum Gasteiger partial charge on any atom is 0.257 e. The van der Waals surface area contributed by atoms with Crippen LogP contribution in [0.2, 0.25) is 10.0 Å². The van der Waals surface area contributed by atoms with Crippen LogP contribution >= 0.6 is 23.2 Å². The van der Waals surface area contributed by atoms with E-state index in [0.29, 0.717) is 40.9 Å². The van der Waals surface area contributed by atoms with Crippen LogP contribution in [-0.2, 0) is 18.4 Å². The number of hydrogen-bond acceptors (Lipinski definition) is 3. The molecule has 4 rings (SSSR count). The third-order valence-electron chi connectivity index (χ3n) is 6.60. The second kappa shape index (κ2) is 12.0. The van der Waals surface area contributed by atoms with Crippen LogP contribution in [0.25, 0.3) is 11.1 Å². The van der Waals surface area contributed by atoms with Gasteiger partial charge in [0.2, 0.25) is 0 Å². The first-order valence-corrected chi connectivity index (χ1v) is 13.5. The topological polar surface area (TPSA) is 45.2 Å². The third kappa shape index (κ3) is 6.75. The van der Waals surface area contributed by atoms with E-state index in [1.807, 2.05) is 53.4 Å². The molecule has 4 aromatic rings. The van der Waals surface area contributed by atoms with Crippen molar-refractivity contribution in [2.75, 3.05) is 18.9 Å². The molecule has 0 aliphatic rings. The number of rotatable bonds is 8. The predicted molar refractivity (Wildman–Crippen MR) is 159 cm³/mol. The molecular formula is C32H33Cl2N3O. The van der Waals surface area contributed by atoms with Crippen LogP contribution in [0.15, 0.2) is 85.1 Å². The smallest absolute Gasteiger partial charge is 0.257 e. The van der Waals surface area contributed by atoms with E-state index in [9.17, 15) is 4.79 Å². The molecule has 1 N–H and O–H groups in total. The van der Waals surface area contributed by atoms with Crippen molar-refractivity contribution in [3.63, 3.8) is 0 Å². The number of benzene rings is 3.